The molecule has 1 aliphatic rings. The van der Waals surface area contributed by atoms with Crippen LogP contribution >= 0.6 is 0 Å². The third kappa shape index (κ3) is 0.630. The van der Waals surface area contributed by atoms with E-state index in [9.17, 15) is 0 Å². The first kappa shape index (κ1) is 6.06. The maximum atomic E-state index is 4.11. The van der Waals surface area contributed by atoms with Gasteiger partial charge in [0, 0.05) is 42.5 Å². The van der Waals surface area contributed by atoms with Gasteiger partial charge in [-0.1, -0.05) is 0 Å². The molecule has 0 fully saturated rings. The molecule has 3 heteroatoms. The lowest BCUT2D eigenvalue weighted by Gasteiger charge is -1.93. The van der Waals surface area contributed by atoms with Crippen LogP contribution in [0.15, 0.2) is 24.7 Å². The van der Waals surface area contributed by atoms with Crippen LogP contribution in [0, 0.1) is 0 Å². The van der Waals surface area contributed by atoms with E-state index in [0.717, 1.165) is 13.1 Å². The number of nitrogens with one attached hydrogen (secondary N) is 1. The molecule has 3 nitrogen and oxygen atoms in total. The first-order valence-electron chi connectivity index (χ1n) is 4.12. The summed E-state index contributed by atoms with van der Waals surface area (Å²) in [5, 5.41) is 5.85. The number of aromatic nitrogens is 2. The van der Waals surface area contributed by atoms with Gasteiger partial charge in [0.05, 0.1) is 0 Å². The lowest BCUT2D eigenvalue weighted by atomic mass is 10.3. The zero-order chi connectivity index (χ0) is 7.97. The van der Waals surface area contributed by atoms with Crippen LogP contribution in [0.1, 0.15) is 0 Å². The Kier molecular flexibility index (Phi) is 1.01. The van der Waals surface area contributed by atoms with Crippen molar-refractivity contribution < 1.29 is 0 Å². The molecule has 0 radical (unpaired) electrons. The highest BCUT2D eigenvalue weighted by Gasteiger charge is 2.12. The van der Waals surface area contributed by atoms with Gasteiger partial charge in [0.15, 0.2) is 0 Å². The first-order valence-corrected chi connectivity index (χ1v) is 4.12. The Labute approximate surface area is 70.0 Å². The molecule has 0 saturated carbocycles. The van der Waals surface area contributed by atoms with E-state index in [1.165, 1.54) is 16.6 Å². The molecule has 0 unspecified atom stereocenters. The van der Waals surface area contributed by atoms with Gasteiger partial charge in [-0.15, -0.1) is 0 Å². The summed E-state index contributed by atoms with van der Waals surface area (Å²) in [4.78, 5) is 4.11. The molecule has 0 bridgehead atoms. The van der Waals surface area contributed by atoms with E-state index in [4.69, 9.17) is 0 Å². The fourth-order valence-corrected chi connectivity index (χ4v) is 1.77. The smallest absolute Gasteiger partial charge is 0.115 e. The van der Waals surface area contributed by atoms with Crippen LogP contribution in [0.2, 0.25) is 0 Å². The van der Waals surface area contributed by atoms with Gasteiger partial charge in [-0.25, -0.2) is 0 Å². The van der Waals surface area contributed by atoms with Gasteiger partial charge in [-0.3, -0.25) is 4.98 Å². The van der Waals surface area contributed by atoms with Crippen LogP contribution in [-0.4, -0.2) is 16.1 Å². The Balaban J connectivity index is 2.44. The summed E-state index contributed by atoms with van der Waals surface area (Å²) in [6.07, 6.45) is 5.92. The molecular weight excluding hydrogens is 150 g/mol. The van der Waals surface area contributed by atoms with Crippen molar-refractivity contribution >= 4 is 16.6 Å². The summed E-state index contributed by atoms with van der Waals surface area (Å²) in [6.45, 7) is 2.12. The zero-order valence-corrected chi connectivity index (χ0v) is 6.62. The zero-order valence-electron chi connectivity index (χ0n) is 6.62. The van der Waals surface area contributed by atoms with Gasteiger partial charge in [0.1, 0.15) is 5.82 Å². The highest BCUT2D eigenvalue weighted by Crippen LogP contribution is 2.27. The Morgan fingerprint density at radius 2 is 2.50 bits per heavy atom. The largest absolute Gasteiger partial charge is 0.369 e. The fraction of sp³-hybridized carbons (Fsp3) is 0.222. The summed E-state index contributed by atoms with van der Waals surface area (Å²) in [5.74, 6) is 1.22. The summed E-state index contributed by atoms with van der Waals surface area (Å²) in [5.41, 5.74) is 0. The molecule has 0 aromatic carbocycles. The van der Waals surface area contributed by atoms with Gasteiger partial charge >= 0.3 is 0 Å². The predicted molar refractivity (Wildman–Crippen MR) is 48.2 cm³/mol. The van der Waals surface area contributed by atoms with Crippen LogP contribution in [0.25, 0.3) is 10.8 Å². The summed E-state index contributed by atoms with van der Waals surface area (Å²) < 4.78 is 2.24. The monoisotopic (exact) mass is 159 g/mol. The Morgan fingerprint density at radius 3 is 3.50 bits per heavy atom. The minimum atomic E-state index is 1.04. The van der Waals surface area contributed by atoms with Crippen LogP contribution in [0.5, 0.6) is 0 Å². The van der Waals surface area contributed by atoms with Crippen molar-refractivity contribution in [2.24, 2.45) is 0 Å². The summed E-state index contributed by atoms with van der Waals surface area (Å²) >= 11 is 0. The Hall–Kier alpha value is -1.51. The maximum absolute atomic E-state index is 4.11. The van der Waals surface area contributed by atoms with Gasteiger partial charge in [-0.05, 0) is 6.07 Å². The molecular formula is C9H9N3. The lowest BCUT2D eigenvalue weighted by Crippen LogP contribution is -1.93. The average molecular weight is 159 g/mol. The minimum absolute atomic E-state index is 1.04. The van der Waals surface area contributed by atoms with Gasteiger partial charge in [-0.2, -0.15) is 0 Å². The molecule has 1 aliphatic heterocycles. The topological polar surface area (TPSA) is 29.9 Å². The third-order valence-corrected chi connectivity index (χ3v) is 2.34. The number of anilines is 1. The van der Waals surface area contributed by atoms with Crippen molar-refractivity contribution in [2.45, 2.75) is 6.54 Å². The van der Waals surface area contributed by atoms with Crippen LogP contribution in [0.4, 0.5) is 5.82 Å². The van der Waals surface area contributed by atoms with E-state index in [0.29, 0.717) is 0 Å². The predicted octanol–water partition coefficient (Wildman–Crippen LogP) is 1.46. The molecule has 2 aromatic rings. The second kappa shape index (κ2) is 2.00. The van der Waals surface area contributed by atoms with Crippen molar-refractivity contribution in [3.05, 3.63) is 24.7 Å². The quantitative estimate of drug-likeness (QED) is 0.630. The van der Waals surface area contributed by atoms with E-state index in [2.05, 4.69) is 21.1 Å². The van der Waals surface area contributed by atoms with E-state index in [-0.39, 0.29) is 0 Å². The van der Waals surface area contributed by atoms with Crippen molar-refractivity contribution in [2.75, 3.05) is 11.9 Å². The molecule has 3 heterocycles. The number of fused-ring (bicyclic) bond motifs is 3. The third-order valence-electron chi connectivity index (χ3n) is 2.34. The van der Waals surface area contributed by atoms with Gasteiger partial charge < -0.3 is 9.88 Å². The molecule has 0 saturated heterocycles. The SMILES string of the molecule is c1cc2cn3c(c2cn1)NCC3. The molecule has 3 rings (SSSR count). The molecule has 60 valence electrons. The molecule has 2 aromatic heterocycles. The second-order valence-electron chi connectivity index (χ2n) is 3.06. The van der Waals surface area contributed by atoms with Crippen molar-refractivity contribution in [1.82, 2.24) is 9.55 Å². The Bertz CT molecular complexity index is 430. The van der Waals surface area contributed by atoms with Crippen molar-refractivity contribution in [3.8, 4) is 0 Å². The van der Waals surface area contributed by atoms with Gasteiger partial charge in [0.2, 0.25) is 0 Å². The molecule has 1 N–H and O–H groups in total. The minimum Gasteiger partial charge on any atom is -0.369 e. The lowest BCUT2D eigenvalue weighted by molar-refractivity contribution is 0.814. The van der Waals surface area contributed by atoms with Gasteiger partial charge in [0.25, 0.3) is 0 Å². The molecule has 0 aliphatic carbocycles. The van der Waals surface area contributed by atoms with Crippen molar-refractivity contribution in [1.29, 1.82) is 0 Å². The number of hydrogen-bond donors (Lipinski definition) is 1. The average Bonchev–Trinajstić information content (AvgIpc) is 2.62. The first-order chi connectivity index (χ1) is 5.95. The summed E-state index contributed by atoms with van der Waals surface area (Å²) in [6, 6.07) is 2.04. The van der Waals surface area contributed by atoms with E-state index in [1.54, 1.807) is 0 Å². The Morgan fingerprint density at radius 1 is 1.50 bits per heavy atom. The molecule has 0 amide bonds. The molecule has 0 spiro atoms. The maximum Gasteiger partial charge on any atom is 0.115 e. The highest BCUT2D eigenvalue weighted by atomic mass is 15.2. The van der Waals surface area contributed by atoms with Crippen LogP contribution < -0.4 is 5.32 Å². The fourth-order valence-electron chi connectivity index (χ4n) is 1.77. The normalized spacial score (nSPS) is 14.7. The van der Waals surface area contributed by atoms with Crippen molar-refractivity contribution in [3.63, 3.8) is 0 Å². The van der Waals surface area contributed by atoms with E-state index >= 15 is 0 Å². The highest BCUT2D eigenvalue weighted by molar-refractivity contribution is 5.93. The number of hydrogen-bond acceptors (Lipinski definition) is 2. The number of rotatable bonds is 0. The van der Waals surface area contributed by atoms with Crippen LogP contribution in [0.3, 0.4) is 0 Å². The van der Waals surface area contributed by atoms with Crippen LogP contribution in [-0.2, 0) is 6.54 Å². The number of nitrogens with zero attached hydrogens (tertiary/aromatic N) is 2. The van der Waals surface area contributed by atoms with E-state index in [1.807, 2.05) is 18.5 Å². The standard InChI is InChI=1S/C9H9N3/c1-2-10-5-8-7(1)6-12-4-3-11-9(8)12/h1-2,5-6,11H,3-4H2. The molecule has 12 heavy (non-hydrogen) atoms. The second-order valence-corrected chi connectivity index (χ2v) is 3.06. The molecule has 0 atom stereocenters. The number of pyridine rings is 1. The van der Waals surface area contributed by atoms with E-state index < -0.39 is 0 Å². The summed E-state index contributed by atoms with van der Waals surface area (Å²) in [7, 11) is 0.